The van der Waals surface area contributed by atoms with Gasteiger partial charge in [0.25, 0.3) is 0 Å². The van der Waals surface area contributed by atoms with Gasteiger partial charge in [0.1, 0.15) is 11.5 Å². The summed E-state index contributed by atoms with van der Waals surface area (Å²) in [6.45, 7) is -0.249. The molecule has 2 fully saturated rings. The Labute approximate surface area is 294 Å². The van der Waals surface area contributed by atoms with Crippen LogP contribution in [0.25, 0.3) is 0 Å². The van der Waals surface area contributed by atoms with Crippen LogP contribution in [0.5, 0.6) is 5.75 Å². The molecule has 0 aliphatic heterocycles. The van der Waals surface area contributed by atoms with E-state index in [2.05, 4.69) is 6.07 Å². The van der Waals surface area contributed by atoms with Crippen LogP contribution in [0.4, 0.5) is 28.9 Å². The Morgan fingerprint density at radius 3 is 2.06 bits per heavy atom. The number of nitrogens with zero attached hydrogens (tertiary/aromatic N) is 1. The van der Waals surface area contributed by atoms with Crippen LogP contribution >= 0.6 is 23.2 Å². The number of sulfonamides is 1. The highest BCUT2D eigenvalue weighted by atomic mass is 35.5. The Bertz CT molecular complexity index is 2130. The van der Waals surface area contributed by atoms with Gasteiger partial charge < -0.3 is 15.1 Å². The molecule has 1 amide bonds. The molecule has 262 valence electrons. The van der Waals surface area contributed by atoms with Crippen molar-refractivity contribution in [2.24, 2.45) is 0 Å². The van der Waals surface area contributed by atoms with Gasteiger partial charge in [0.05, 0.1) is 33.5 Å². The quantitative estimate of drug-likeness (QED) is 0.0761. The van der Waals surface area contributed by atoms with Gasteiger partial charge in [-0.1, -0.05) is 53.5 Å². The van der Waals surface area contributed by atoms with E-state index >= 15 is 8.78 Å². The Morgan fingerprint density at radius 2 is 1.48 bits per heavy atom. The molecule has 0 spiro atoms. The standard InChI is InChI=1S/C35H28Cl2F4N2O6S/c36-25-3-1-2-20(29(25)37)13-24-30(38)31(39)32(40)33(41)34(24)42-50(48,49)16-28(45)43(26-9-8-21(35(46)47)14-27(26)44)15-17-10-22(18-4-5-18)12-23(11-17)19-6-7-19/h1-3,8-12,14,18-19,42,44H,4-7,13,15-16H2,(H,46,47). The highest BCUT2D eigenvalue weighted by Crippen LogP contribution is 2.46. The molecule has 2 aliphatic carbocycles. The Kier molecular flexibility index (Phi) is 9.77. The minimum Gasteiger partial charge on any atom is -0.506 e. The third kappa shape index (κ3) is 7.54. The fourth-order valence-corrected chi connectivity index (χ4v) is 7.24. The van der Waals surface area contributed by atoms with E-state index in [-0.39, 0.29) is 33.4 Å². The van der Waals surface area contributed by atoms with Crippen LogP contribution in [-0.4, -0.2) is 36.3 Å². The maximum absolute atomic E-state index is 15.2. The number of halogens is 6. The maximum atomic E-state index is 15.2. The van der Waals surface area contributed by atoms with Crippen molar-refractivity contribution >= 4 is 56.5 Å². The molecular weight excluding hydrogens is 723 g/mol. The number of hydrogen-bond donors (Lipinski definition) is 3. The lowest BCUT2D eigenvalue weighted by Crippen LogP contribution is -2.37. The Hall–Kier alpha value is -4.33. The molecule has 4 aromatic rings. The molecule has 15 heteroatoms. The minimum absolute atomic E-state index is 0.00649. The molecule has 2 saturated carbocycles. The van der Waals surface area contributed by atoms with Gasteiger partial charge in [0, 0.05) is 12.0 Å². The number of anilines is 2. The van der Waals surface area contributed by atoms with Gasteiger partial charge >= 0.3 is 5.97 Å². The molecule has 2 aliphatic rings. The molecule has 0 saturated heterocycles. The van der Waals surface area contributed by atoms with Crippen molar-refractivity contribution in [1.82, 2.24) is 0 Å². The second-order valence-corrected chi connectivity index (χ2v) is 14.9. The summed E-state index contributed by atoms with van der Waals surface area (Å²) >= 11 is 12.2. The topological polar surface area (TPSA) is 124 Å². The van der Waals surface area contributed by atoms with E-state index in [0.717, 1.165) is 59.9 Å². The summed E-state index contributed by atoms with van der Waals surface area (Å²) in [5.74, 6) is -12.4. The smallest absolute Gasteiger partial charge is 0.335 e. The second kappa shape index (κ2) is 13.8. The van der Waals surface area contributed by atoms with Gasteiger partial charge in [-0.2, -0.15) is 0 Å². The van der Waals surface area contributed by atoms with E-state index in [1.54, 1.807) is 4.72 Å². The normalized spacial score (nSPS) is 14.4. The number of amides is 1. The lowest BCUT2D eigenvalue weighted by Gasteiger charge is -2.25. The van der Waals surface area contributed by atoms with E-state index in [4.69, 9.17) is 23.2 Å². The first kappa shape index (κ1) is 35.5. The first-order valence-electron chi connectivity index (χ1n) is 15.4. The van der Waals surface area contributed by atoms with Crippen LogP contribution in [0.2, 0.25) is 10.0 Å². The predicted molar refractivity (Wildman–Crippen MR) is 180 cm³/mol. The molecule has 8 nitrogen and oxygen atoms in total. The number of aromatic hydroxyl groups is 1. The van der Waals surface area contributed by atoms with E-state index < -0.39 is 74.3 Å². The molecular formula is C35H28Cl2F4N2O6S. The van der Waals surface area contributed by atoms with Crippen molar-refractivity contribution in [2.75, 3.05) is 15.4 Å². The van der Waals surface area contributed by atoms with Crippen LogP contribution in [0.1, 0.15) is 75.7 Å². The molecule has 0 bridgehead atoms. The highest BCUT2D eigenvalue weighted by molar-refractivity contribution is 7.93. The summed E-state index contributed by atoms with van der Waals surface area (Å²) < 4.78 is 87.8. The third-order valence-electron chi connectivity index (χ3n) is 8.62. The van der Waals surface area contributed by atoms with Crippen LogP contribution in [0, 0.1) is 23.3 Å². The average Bonchev–Trinajstić information content (AvgIpc) is 3.98. The van der Waals surface area contributed by atoms with Crippen LogP contribution in [0.3, 0.4) is 0 Å². The molecule has 0 aromatic heterocycles. The van der Waals surface area contributed by atoms with E-state index in [1.807, 2.05) is 12.1 Å². The van der Waals surface area contributed by atoms with Crippen molar-refractivity contribution in [3.05, 3.63) is 121 Å². The summed E-state index contributed by atoms with van der Waals surface area (Å²) in [6, 6.07) is 13.2. The molecule has 50 heavy (non-hydrogen) atoms. The average molecular weight is 752 g/mol. The van der Waals surface area contributed by atoms with E-state index in [1.165, 1.54) is 18.2 Å². The van der Waals surface area contributed by atoms with Gasteiger partial charge in [-0.3, -0.25) is 9.52 Å². The maximum Gasteiger partial charge on any atom is 0.335 e. The van der Waals surface area contributed by atoms with Gasteiger partial charge in [-0.25, -0.2) is 30.8 Å². The molecule has 3 N–H and O–H groups in total. The van der Waals surface area contributed by atoms with Crippen LogP contribution in [0.15, 0.2) is 54.6 Å². The third-order valence-corrected chi connectivity index (χ3v) is 10.6. The highest BCUT2D eigenvalue weighted by Gasteiger charge is 2.33. The van der Waals surface area contributed by atoms with Crippen molar-refractivity contribution < 1.29 is 45.8 Å². The summed E-state index contributed by atoms with van der Waals surface area (Å²) in [5.41, 5.74) is 0.0155. The number of benzene rings is 4. The summed E-state index contributed by atoms with van der Waals surface area (Å²) in [4.78, 5) is 26.3. The van der Waals surface area contributed by atoms with Crippen molar-refractivity contribution in [1.29, 1.82) is 0 Å². The number of carbonyl (C=O) groups excluding carboxylic acids is 1. The number of phenols is 1. The number of carbonyl (C=O) groups is 2. The zero-order valence-corrected chi connectivity index (χ0v) is 28.3. The molecule has 0 atom stereocenters. The molecule has 4 aromatic carbocycles. The Morgan fingerprint density at radius 1 is 0.860 bits per heavy atom. The number of rotatable bonds is 12. The van der Waals surface area contributed by atoms with Gasteiger partial charge in [0.2, 0.25) is 15.9 Å². The van der Waals surface area contributed by atoms with Crippen molar-refractivity contribution in [3.63, 3.8) is 0 Å². The summed E-state index contributed by atoms with van der Waals surface area (Å²) in [6.07, 6.45) is 3.24. The number of phenolic OH excluding ortho intramolecular Hbond substituents is 1. The number of carboxylic acids is 1. The number of carboxylic acid groups (broad SMARTS) is 1. The molecule has 0 radical (unpaired) electrons. The fraction of sp³-hybridized carbons (Fsp3) is 0.257. The lowest BCUT2D eigenvalue weighted by atomic mass is 9.99. The zero-order valence-electron chi connectivity index (χ0n) is 26.0. The number of hydrogen-bond acceptors (Lipinski definition) is 5. The lowest BCUT2D eigenvalue weighted by molar-refractivity contribution is -0.116. The number of nitrogens with one attached hydrogen (secondary N) is 1. The first-order valence-corrected chi connectivity index (χ1v) is 17.8. The predicted octanol–water partition coefficient (Wildman–Crippen LogP) is 8.27. The van der Waals surface area contributed by atoms with E-state index in [0.29, 0.717) is 17.4 Å². The van der Waals surface area contributed by atoms with Crippen LogP contribution < -0.4 is 9.62 Å². The van der Waals surface area contributed by atoms with Gasteiger partial charge in [-0.05, 0) is 84.0 Å². The Balaban J connectivity index is 1.35. The van der Waals surface area contributed by atoms with Crippen LogP contribution in [-0.2, 0) is 27.8 Å². The number of aromatic carboxylic acids is 1. The van der Waals surface area contributed by atoms with Gasteiger partial charge in [-0.15, -0.1) is 0 Å². The minimum atomic E-state index is -5.01. The molecule has 6 rings (SSSR count). The SMILES string of the molecule is O=C(O)c1ccc(N(Cc2cc(C3CC3)cc(C3CC3)c2)C(=O)CS(=O)(=O)Nc2c(F)c(F)c(F)c(F)c2Cc2cccc(Cl)c2Cl)c(O)c1. The summed E-state index contributed by atoms with van der Waals surface area (Å²) in [7, 11) is -5.01. The van der Waals surface area contributed by atoms with Gasteiger partial charge in [0.15, 0.2) is 23.3 Å². The first-order chi connectivity index (χ1) is 23.6. The van der Waals surface area contributed by atoms with Crippen molar-refractivity contribution in [2.45, 2.75) is 50.5 Å². The fourth-order valence-electron chi connectivity index (χ4n) is 5.77. The molecule has 0 heterocycles. The second-order valence-electron chi connectivity index (χ2n) is 12.4. The van der Waals surface area contributed by atoms with E-state index in [9.17, 15) is 37.0 Å². The molecule has 0 unspecified atom stereocenters. The summed E-state index contributed by atoms with van der Waals surface area (Å²) in [5, 5.41) is 20.1. The largest absolute Gasteiger partial charge is 0.506 e. The van der Waals surface area contributed by atoms with Crippen molar-refractivity contribution in [3.8, 4) is 5.75 Å². The monoisotopic (exact) mass is 750 g/mol. The zero-order chi connectivity index (χ0) is 36.1.